The first-order valence-corrected chi connectivity index (χ1v) is 7.17. The fourth-order valence-corrected chi connectivity index (χ4v) is 2.53. The van der Waals surface area contributed by atoms with Crippen LogP contribution in [-0.4, -0.2) is 41.9 Å². The number of nitrogen functional groups attached to an aromatic ring is 1. The molecule has 1 saturated heterocycles. The fourth-order valence-electron chi connectivity index (χ4n) is 2.35. The molecule has 2 rings (SSSR count). The lowest BCUT2D eigenvalue weighted by molar-refractivity contribution is -0.132. The molecule has 1 heterocycles. The average molecular weight is 311 g/mol. The van der Waals surface area contributed by atoms with E-state index in [1.165, 1.54) is 0 Å². The lowest BCUT2D eigenvalue weighted by Crippen LogP contribution is -2.58. The van der Waals surface area contributed by atoms with Gasteiger partial charge in [0.15, 0.2) is 0 Å². The minimum atomic E-state index is -0.440. The standard InChI is InChI=1S/C14H19ClN4O2/c1-8-13(20)17-5-6-19(8)9(2)14(21)18-12-7-10(15)3-4-11(12)16/h3-4,7-9H,5-6,16H2,1-2H3,(H,17,20)(H,18,21). The van der Waals surface area contributed by atoms with Crippen LogP contribution in [0, 0.1) is 0 Å². The second kappa shape index (κ2) is 6.32. The Morgan fingerprint density at radius 2 is 2.29 bits per heavy atom. The summed E-state index contributed by atoms with van der Waals surface area (Å²) in [6, 6.07) is 4.13. The van der Waals surface area contributed by atoms with Gasteiger partial charge in [-0.2, -0.15) is 0 Å². The molecular weight excluding hydrogens is 292 g/mol. The molecule has 1 aliphatic heterocycles. The van der Waals surface area contributed by atoms with Crippen LogP contribution in [0.3, 0.4) is 0 Å². The molecule has 1 fully saturated rings. The number of amides is 2. The largest absolute Gasteiger partial charge is 0.397 e. The molecule has 114 valence electrons. The molecule has 0 aromatic heterocycles. The summed E-state index contributed by atoms with van der Waals surface area (Å²) in [6.07, 6.45) is 0. The predicted octanol–water partition coefficient (Wildman–Crippen LogP) is 1.07. The second-order valence-corrected chi connectivity index (χ2v) is 5.54. The Balaban J connectivity index is 2.09. The monoisotopic (exact) mass is 310 g/mol. The maximum Gasteiger partial charge on any atom is 0.241 e. The Labute approximate surface area is 128 Å². The number of carbonyl (C=O) groups excluding carboxylic acids is 2. The van der Waals surface area contributed by atoms with Gasteiger partial charge in [0.25, 0.3) is 0 Å². The fraction of sp³-hybridized carbons (Fsp3) is 0.429. The van der Waals surface area contributed by atoms with Gasteiger partial charge in [0.1, 0.15) is 0 Å². The summed E-state index contributed by atoms with van der Waals surface area (Å²) in [4.78, 5) is 25.9. The van der Waals surface area contributed by atoms with Crippen molar-refractivity contribution in [3.63, 3.8) is 0 Å². The van der Waals surface area contributed by atoms with Crippen molar-refractivity contribution >= 4 is 34.8 Å². The zero-order valence-electron chi connectivity index (χ0n) is 12.0. The number of piperazine rings is 1. The first-order valence-electron chi connectivity index (χ1n) is 6.79. The van der Waals surface area contributed by atoms with Gasteiger partial charge < -0.3 is 16.4 Å². The molecule has 2 atom stereocenters. The van der Waals surface area contributed by atoms with E-state index in [0.717, 1.165) is 0 Å². The molecule has 0 bridgehead atoms. The quantitative estimate of drug-likeness (QED) is 0.729. The van der Waals surface area contributed by atoms with Crippen molar-refractivity contribution in [2.45, 2.75) is 25.9 Å². The van der Waals surface area contributed by atoms with Gasteiger partial charge in [0.05, 0.1) is 23.5 Å². The molecule has 0 aliphatic carbocycles. The molecule has 0 spiro atoms. The molecular formula is C14H19ClN4O2. The molecule has 0 radical (unpaired) electrons. The zero-order valence-corrected chi connectivity index (χ0v) is 12.8. The van der Waals surface area contributed by atoms with Crippen molar-refractivity contribution in [3.8, 4) is 0 Å². The number of hydrogen-bond donors (Lipinski definition) is 3. The number of nitrogens with zero attached hydrogens (tertiary/aromatic N) is 1. The van der Waals surface area contributed by atoms with Crippen LogP contribution in [0.1, 0.15) is 13.8 Å². The van der Waals surface area contributed by atoms with E-state index in [1.807, 2.05) is 4.90 Å². The van der Waals surface area contributed by atoms with Crippen LogP contribution >= 0.6 is 11.6 Å². The second-order valence-electron chi connectivity index (χ2n) is 5.10. The number of hydrogen-bond acceptors (Lipinski definition) is 4. The highest BCUT2D eigenvalue weighted by atomic mass is 35.5. The first kappa shape index (κ1) is 15.6. The van der Waals surface area contributed by atoms with Crippen LogP contribution in [0.2, 0.25) is 5.02 Å². The molecule has 2 unspecified atom stereocenters. The van der Waals surface area contributed by atoms with Crippen LogP contribution in [-0.2, 0) is 9.59 Å². The van der Waals surface area contributed by atoms with Crippen molar-refractivity contribution in [3.05, 3.63) is 23.2 Å². The molecule has 2 amide bonds. The van der Waals surface area contributed by atoms with Gasteiger partial charge in [-0.1, -0.05) is 11.6 Å². The SMILES string of the molecule is CC1C(=O)NCCN1C(C)C(=O)Nc1cc(Cl)ccc1N. The highest BCUT2D eigenvalue weighted by Gasteiger charge is 2.32. The minimum absolute atomic E-state index is 0.0665. The maximum atomic E-state index is 12.3. The number of halogens is 1. The van der Waals surface area contributed by atoms with E-state index in [-0.39, 0.29) is 17.9 Å². The van der Waals surface area contributed by atoms with Crippen molar-refractivity contribution in [2.75, 3.05) is 24.1 Å². The van der Waals surface area contributed by atoms with Crippen LogP contribution < -0.4 is 16.4 Å². The van der Waals surface area contributed by atoms with E-state index in [1.54, 1.807) is 32.0 Å². The van der Waals surface area contributed by atoms with Crippen LogP contribution in [0.25, 0.3) is 0 Å². The predicted molar refractivity (Wildman–Crippen MR) is 83.1 cm³/mol. The smallest absolute Gasteiger partial charge is 0.241 e. The normalized spacial score (nSPS) is 20.7. The first-order chi connectivity index (χ1) is 9.90. The third-order valence-electron chi connectivity index (χ3n) is 3.70. The third kappa shape index (κ3) is 3.46. The molecule has 6 nitrogen and oxygen atoms in total. The Hall–Kier alpha value is -1.79. The van der Waals surface area contributed by atoms with E-state index in [2.05, 4.69) is 10.6 Å². The Morgan fingerprint density at radius 3 is 3.00 bits per heavy atom. The number of nitrogens with one attached hydrogen (secondary N) is 2. The highest BCUT2D eigenvalue weighted by molar-refractivity contribution is 6.31. The summed E-state index contributed by atoms with van der Waals surface area (Å²) in [5.41, 5.74) is 6.74. The Bertz CT molecular complexity index is 564. The molecule has 21 heavy (non-hydrogen) atoms. The maximum absolute atomic E-state index is 12.3. The third-order valence-corrected chi connectivity index (χ3v) is 3.93. The lowest BCUT2D eigenvalue weighted by Gasteiger charge is -2.36. The summed E-state index contributed by atoms with van der Waals surface area (Å²) in [5.74, 6) is -0.284. The van der Waals surface area contributed by atoms with Crippen LogP contribution in [0.15, 0.2) is 18.2 Å². The summed E-state index contributed by atoms with van der Waals surface area (Å²) >= 11 is 5.90. The van der Waals surface area contributed by atoms with Crippen molar-refractivity contribution in [1.82, 2.24) is 10.2 Å². The van der Waals surface area contributed by atoms with Gasteiger partial charge >= 0.3 is 0 Å². The number of nitrogens with two attached hydrogens (primary N) is 1. The van der Waals surface area contributed by atoms with Gasteiger partial charge in [-0.15, -0.1) is 0 Å². The van der Waals surface area contributed by atoms with Gasteiger partial charge in [-0.05, 0) is 32.0 Å². The molecule has 7 heteroatoms. The molecule has 1 aliphatic rings. The zero-order chi connectivity index (χ0) is 15.6. The number of anilines is 2. The molecule has 0 saturated carbocycles. The van der Waals surface area contributed by atoms with E-state index in [4.69, 9.17) is 17.3 Å². The topological polar surface area (TPSA) is 87.5 Å². The lowest BCUT2D eigenvalue weighted by atomic mass is 10.1. The van der Waals surface area contributed by atoms with Crippen molar-refractivity contribution in [2.24, 2.45) is 0 Å². The van der Waals surface area contributed by atoms with Crippen molar-refractivity contribution in [1.29, 1.82) is 0 Å². The Morgan fingerprint density at radius 1 is 1.57 bits per heavy atom. The van der Waals surface area contributed by atoms with E-state index in [9.17, 15) is 9.59 Å². The number of carbonyl (C=O) groups is 2. The van der Waals surface area contributed by atoms with E-state index < -0.39 is 6.04 Å². The summed E-state index contributed by atoms with van der Waals surface area (Å²) in [7, 11) is 0. The van der Waals surface area contributed by atoms with E-state index >= 15 is 0 Å². The van der Waals surface area contributed by atoms with Crippen LogP contribution in [0.5, 0.6) is 0 Å². The Kier molecular flexibility index (Phi) is 4.69. The van der Waals surface area contributed by atoms with Gasteiger partial charge in [0.2, 0.25) is 11.8 Å². The summed E-state index contributed by atoms with van der Waals surface area (Å²) in [5, 5.41) is 6.03. The van der Waals surface area contributed by atoms with Gasteiger partial charge in [0, 0.05) is 18.1 Å². The van der Waals surface area contributed by atoms with Gasteiger partial charge in [-0.3, -0.25) is 14.5 Å². The van der Waals surface area contributed by atoms with E-state index in [0.29, 0.717) is 29.5 Å². The highest BCUT2D eigenvalue weighted by Crippen LogP contribution is 2.23. The molecule has 4 N–H and O–H groups in total. The molecule has 1 aromatic carbocycles. The summed E-state index contributed by atoms with van der Waals surface area (Å²) < 4.78 is 0. The van der Waals surface area contributed by atoms with Gasteiger partial charge in [-0.25, -0.2) is 0 Å². The van der Waals surface area contributed by atoms with Crippen molar-refractivity contribution < 1.29 is 9.59 Å². The number of benzene rings is 1. The molecule has 1 aromatic rings. The van der Waals surface area contributed by atoms with Crippen LogP contribution in [0.4, 0.5) is 11.4 Å². The minimum Gasteiger partial charge on any atom is -0.397 e. The average Bonchev–Trinajstić information content (AvgIpc) is 2.45. The number of rotatable bonds is 3. The summed E-state index contributed by atoms with van der Waals surface area (Å²) in [6.45, 7) is 4.73.